The average molecular weight is 467 g/mol. The van der Waals surface area contributed by atoms with E-state index < -0.39 is 0 Å². The molecule has 174 valence electrons. The van der Waals surface area contributed by atoms with Gasteiger partial charge in [-0.2, -0.15) is 20.0 Å². The van der Waals surface area contributed by atoms with Crippen molar-refractivity contribution in [1.29, 1.82) is 0 Å². The summed E-state index contributed by atoms with van der Waals surface area (Å²) in [5.41, 5.74) is 3.45. The van der Waals surface area contributed by atoms with E-state index >= 15 is 0 Å². The molecule has 0 unspecified atom stereocenters. The van der Waals surface area contributed by atoms with Crippen LogP contribution in [0.3, 0.4) is 0 Å². The van der Waals surface area contributed by atoms with Gasteiger partial charge < -0.3 is 10.1 Å². The number of nitrogens with zero attached hydrogens (tertiary/aromatic N) is 7. The van der Waals surface area contributed by atoms with Gasteiger partial charge in [-0.1, -0.05) is 18.2 Å². The van der Waals surface area contributed by atoms with Gasteiger partial charge in [0.2, 0.25) is 5.88 Å². The summed E-state index contributed by atoms with van der Waals surface area (Å²) in [6, 6.07) is 20.1. The van der Waals surface area contributed by atoms with Gasteiger partial charge in [0.05, 0.1) is 17.6 Å². The fourth-order valence-corrected chi connectivity index (χ4v) is 3.52. The molecule has 0 spiro atoms. The third-order valence-electron chi connectivity index (χ3n) is 5.07. The van der Waals surface area contributed by atoms with Crippen molar-refractivity contribution >= 4 is 11.6 Å². The molecule has 0 radical (unpaired) electrons. The van der Waals surface area contributed by atoms with E-state index in [1.165, 1.54) is 11.0 Å². The first-order valence-corrected chi connectivity index (χ1v) is 10.9. The number of para-hydroxylation sites is 1. The molecule has 5 aromatic rings. The molecule has 0 atom stereocenters. The van der Waals surface area contributed by atoms with Crippen LogP contribution in [0, 0.1) is 20.8 Å². The van der Waals surface area contributed by atoms with Crippen molar-refractivity contribution in [2.45, 2.75) is 20.8 Å². The first-order valence-electron chi connectivity index (χ1n) is 10.9. The van der Waals surface area contributed by atoms with E-state index in [-0.39, 0.29) is 11.6 Å². The number of rotatable bonds is 6. The second-order valence-corrected chi connectivity index (χ2v) is 7.89. The van der Waals surface area contributed by atoms with Crippen LogP contribution in [-0.2, 0) is 0 Å². The molecule has 0 aliphatic rings. The molecule has 2 aromatic carbocycles. The monoisotopic (exact) mass is 466 g/mol. The molecule has 5 rings (SSSR count). The number of benzene rings is 2. The number of aryl methyl sites for hydroxylation is 3. The molecular weight excluding hydrogens is 444 g/mol. The normalized spacial score (nSPS) is 10.8. The first-order chi connectivity index (χ1) is 16.9. The van der Waals surface area contributed by atoms with Gasteiger partial charge >= 0.3 is 0 Å². The molecule has 0 fully saturated rings. The number of anilines is 1. The van der Waals surface area contributed by atoms with Gasteiger partial charge in [0.15, 0.2) is 11.5 Å². The van der Waals surface area contributed by atoms with Crippen molar-refractivity contribution in [3.63, 3.8) is 0 Å². The number of amides is 1. The van der Waals surface area contributed by atoms with Crippen molar-refractivity contribution in [2.75, 3.05) is 5.32 Å². The summed E-state index contributed by atoms with van der Waals surface area (Å²) in [4.78, 5) is 22.8. The molecule has 35 heavy (non-hydrogen) atoms. The lowest BCUT2D eigenvalue weighted by Crippen LogP contribution is -2.13. The number of hydrogen-bond acceptors (Lipinski definition) is 7. The van der Waals surface area contributed by atoms with Crippen LogP contribution in [0.2, 0.25) is 0 Å². The predicted octanol–water partition coefficient (Wildman–Crippen LogP) is 4.21. The Morgan fingerprint density at radius 1 is 0.914 bits per heavy atom. The van der Waals surface area contributed by atoms with Crippen LogP contribution in [0.15, 0.2) is 72.9 Å². The van der Waals surface area contributed by atoms with Gasteiger partial charge in [-0.25, -0.2) is 9.67 Å². The maximum absolute atomic E-state index is 12.6. The maximum atomic E-state index is 12.6. The predicted molar refractivity (Wildman–Crippen MR) is 129 cm³/mol. The summed E-state index contributed by atoms with van der Waals surface area (Å²) in [6.45, 7) is 5.70. The van der Waals surface area contributed by atoms with Gasteiger partial charge in [-0.05, 0) is 63.2 Å². The largest absolute Gasteiger partial charge is 0.439 e. The lowest BCUT2D eigenvalue weighted by molar-refractivity contribution is 0.102. The van der Waals surface area contributed by atoms with Crippen molar-refractivity contribution in [1.82, 2.24) is 34.7 Å². The summed E-state index contributed by atoms with van der Waals surface area (Å²) in [6.07, 6.45) is 1.43. The van der Waals surface area contributed by atoms with Gasteiger partial charge in [0.25, 0.3) is 5.91 Å². The lowest BCUT2D eigenvalue weighted by Gasteiger charge is -2.10. The Morgan fingerprint density at radius 3 is 2.40 bits per heavy atom. The molecule has 0 saturated heterocycles. The molecule has 1 N–H and O–H groups in total. The quantitative estimate of drug-likeness (QED) is 0.399. The highest BCUT2D eigenvalue weighted by Crippen LogP contribution is 2.24. The number of nitrogens with one attached hydrogen (secondary N) is 1. The fraction of sp³-hybridized carbons (Fsp3) is 0.120. The highest BCUT2D eigenvalue weighted by atomic mass is 16.5. The van der Waals surface area contributed by atoms with Gasteiger partial charge in [0.1, 0.15) is 11.6 Å². The molecule has 3 heterocycles. The van der Waals surface area contributed by atoms with Crippen molar-refractivity contribution in [3.05, 3.63) is 95.8 Å². The van der Waals surface area contributed by atoms with Crippen molar-refractivity contribution in [2.24, 2.45) is 0 Å². The molecule has 0 aliphatic heterocycles. The maximum Gasteiger partial charge on any atom is 0.277 e. The Labute approximate surface area is 201 Å². The minimum Gasteiger partial charge on any atom is -0.439 e. The Bertz CT molecular complexity index is 1490. The summed E-state index contributed by atoms with van der Waals surface area (Å²) in [5.74, 6) is 1.80. The van der Waals surface area contributed by atoms with Crippen LogP contribution in [0.5, 0.6) is 11.6 Å². The number of carbonyl (C=O) groups is 1. The third-order valence-corrected chi connectivity index (χ3v) is 5.07. The van der Waals surface area contributed by atoms with Gasteiger partial charge in [-0.3, -0.25) is 4.79 Å². The van der Waals surface area contributed by atoms with Crippen LogP contribution in [0.4, 0.5) is 5.69 Å². The number of ether oxygens (including phenoxy) is 1. The number of carbonyl (C=O) groups excluding carboxylic acids is 1. The van der Waals surface area contributed by atoms with Crippen LogP contribution in [0.25, 0.3) is 11.5 Å². The fourth-order valence-electron chi connectivity index (χ4n) is 3.52. The zero-order chi connectivity index (χ0) is 24.4. The van der Waals surface area contributed by atoms with Crippen LogP contribution >= 0.6 is 0 Å². The Hall–Kier alpha value is -4.86. The third kappa shape index (κ3) is 4.91. The van der Waals surface area contributed by atoms with E-state index in [9.17, 15) is 4.79 Å². The zero-order valence-corrected chi connectivity index (χ0v) is 19.4. The second-order valence-electron chi connectivity index (χ2n) is 7.89. The van der Waals surface area contributed by atoms with Gasteiger partial charge in [0, 0.05) is 17.4 Å². The average Bonchev–Trinajstić information content (AvgIpc) is 3.47. The smallest absolute Gasteiger partial charge is 0.277 e. The summed E-state index contributed by atoms with van der Waals surface area (Å²) in [5, 5.41) is 15.7. The van der Waals surface area contributed by atoms with Crippen LogP contribution in [-0.4, -0.2) is 40.6 Å². The summed E-state index contributed by atoms with van der Waals surface area (Å²) >= 11 is 0. The minimum absolute atomic E-state index is 0.210. The Kier molecular flexibility index (Phi) is 5.76. The number of aromatic nitrogens is 7. The molecule has 3 aromatic heterocycles. The molecule has 10 nitrogen and oxygen atoms in total. The zero-order valence-electron chi connectivity index (χ0n) is 19.4. The number of hydrogen-bond donors (Lipinski definition) is 1. The molecule has 0 saturated carbocycles. The minimum atomic E-state index is -0.359. The highest BCUT2D eigenvalue weighted by Gasteiger charge is 2.13. The van der Waals surface area contributed by atoms with Gasteiger partial charge in [-0.15, -0.1) is 5.10 Å². The molecular formula is C25H22N8O2. The van der Waals surface area contributed by atoms with E-state index in [1.807, 2.05) is 50.2 Å². The first kappa shape index (κ1) is 22.0. The SMILES string of the molecule is Cc1cc(C)n(-c2cc(Oc3ccc(NC(=O)c4cnn(-c5ccccc5)n4)cc3)nc(C)n2)n1. The van der Waals surface area contributed by atoms with Crippen LogP contribution in [0.1, 0.15) is 27.7 Å². The Morgan fingerprint density at radius 2 is 1.69 bits per heavy atom. The van der Waals surface area contributed by atoms with E-state index in [0.29, 0.717) is 29.0 Å². The highest BCUT2D eigenvalue weighted by molar-refractivity contribution is 6.02. The molecule has 1 amide bonds. The summed E-state index contributed by atoms with van der Waals surface area (Å²) in [7, 11) is 0. The van der Waals surface area contributed by atoms with Crippen molar-refractivity contribution < 1.29 is 9.53 Å². The second kappa shape index (κ2) is 9.18. The summed E-state index contributed by atoms with van der Waals surface area (Å²) < 4.78 is 7.69. The van der Waals surface area contributed by atoms with Crippen molar-refractivity contribution in [3.8, 4) is 23.1 Å². The topological polar surface area (TPSA) is 113 Å². The Balaban J connectivity index is 1.27. The lowest BCUT2D eigenvalue weighted by atomic mass is 10.3. The molecule has 10 heteroatoms. The van der Waals surface area contributed by atoms with E-state index in [1.54, 1.807) is 41.9 Å². The van der Waals surface area contributed by atoms with E-state index in [0.717, 1.165) is 17.1 Å². The molecule has 0 bridgehead atoms. The molecule has 0 aliphatic carbocycles. The van der Waals surface area contributed by atoms with E-state index in [2.05, 4.69) is 30.6 Å². The van der Waals surface area contributed by atoms with Crippen LogP contribution < -0.4 is 10.1 Å². The standard InChI is InChI=1S/C25H22N8O2/c1-16-13-17(2)32(30-16)23-14-24(28-18(3)27-23)35-21-11-9-19(10-12-21)29-25(34)22-15-26-33(31-22)20-7-5-4-6-8-20/h4-15H,1-3H3,(H,29,34). The van der Waals surface area contributed by atoms with E-state index in [4.69, 9.17) is 4.74 Å².